The number of hydrogen-bond acceptors (Lipinski definition) is 2. The lowest BCUT2D eigenvalue weighted by Gasteiger charge is -2.44. The molecule has 0 spiro atoms. The van der Waals surface area contributed by atoms with Gasteiger partial charge >= 0.3 is 0 Å². The monoisotopic (exact) mass is 433 g/mol. The van der Waals surface area contributed by atoms with E-state index < -0.39 is 0 Å². The van der Waals surface area contributed by atoms with Crippen molar-refractivity contribution in [2.45, 2.75) is 76.2 Å². The summed E-state index contributed by atoms with van der Waals surface area (Å²) in [6.07, 6.45) is 10.9. The second-order valence-corrected chi connectivity index (χ2v) is 9.89. The van der Waals surface area contributed by atoms with Crippen molar-refractivity contribution in [2.24, 2.45) is 5.92 Å². The van der Waals surface area contributed by atoms with Crippen LogP contribution in [0.15, 0.2) is 60.7 Å². The van der Waals surface area contributed by atoms with Gasteiger partial charge in [0.25, 0.3) is 0 Å². The lowest BCUT2D eigenvalue weighted by Crippen LogP contribution is -2.49. The third-order valence-electron chi connectivity index (χ3n) is 7.25. The molecule has 1 saturated carbocycles. The highest BCUT2D eigenvalue weighted by molar-refractivity contribution is 7.80. The summed E-state index contributed by atoms with van der Waals surface area (Å²) in [6, 6.07) is 21.8. The van der Waals surface area contributed by atoms with Crippen molar-refractivity contribution in [3.8, 4) is 0 Å². The fourth-order valence-corrected chi connectivity index (χ4v) is 5.95. The molecule has 2 fully saturated rings. The molecule has 0 aromatic heterocycles. The average Bonchev–Trinajstić information content (AvgIpc) is 2.83. The van der Waals surface area contributed by atoms with Gasteiger partial charge in [0.1, 0.15) is 0 Å². The maximum absolute atomic E-state index is 13.0. The van der Waals surface area contributed by atoms with Gasteiger partial charge in [-0.15, -0.1) is 0 Å². The highest BCUT2D eigenvalue weighted by Crippen LogP contribution is 2.36. The van der Waals surface area contributed by atoms with Gasteiger partial charge in [0.05, 0.1) is 0 Å². The Bertz CT molecular complexity index is 808. The lowest BCUT2D eigenvalue weighted by molar-refractivity contribution is -0.137. The Kier molecular flexibility index (Phi) is 7.91. The van der Waals surface area contributed by atoms with Crippen LogP contribution < -0.4 is 0 Å². The van der Waals surface area contributed by atoms with Crippen LogP contribution in [0.4, 0.5) is 0 Å². The van der Waals surface area contributed by atoms with Gasteiger partial charge in [0, 0.05) is 24.9 Å². The number of carbonyl (C=O) groups is 1. The molecule has 2 atom stereocenters. The number of nitrogens with zero attached hydrogens (tertiary/aromatic N) is 1. The van der Waals surface area contributed by atoms with Gasteiger partial charge in [0.2, 0.25) is 5.91 Å². The van der Waals surface area contributed by atoms with Crippen LogP contribution >= 0.6 is 12.2 Å². The van der Waals surface area contributed by atoms with Crippen LogP contribution in [0.2, 0.25) is 0 Å². The van der Waals surface area contributed by atoms with Crippen molar-refractivity contribution in [3.05, 3.63) is 71.8 Å². The summed E-state index contributed by atoms with van der Waals surface area (Å²) in [7, 11) is 0. The predicted molar refractivity (Wildman–Crippen MR) is 132 cm³/mol. The van der Waals surface area contributed by atoms with Crippen LogP contribution in [0.25, 0.3) is 0 Å². The fourth-order valence-electron chi connectivity index (χ4n) is 5.64. The molecule has 0 bridgehead atoms. The molecular formula is C28H35NOS. The minimum absolute atomic E-state index is 0.288. The molecule has 1 saturated heterocycles. The summed E-state index contributed by atoms with van der Waals surface area (Å²) in [6.45, 7) is 0.967. The van der Waals surface area contributed by atoms with Gasteiger partial charge < -0.3 is 4.90 Å². The molecule has 2 unspecified atom stereocenters. The van der Waals surface area contributed by atoms with E-state index in [2.05, 4.69) is 65.6 Å². The van der Waals surface area contributed by atoms with E-state index in [1.54, 1.807) is 0 Å². The molecule has 4 rings (SSSR count). The van der Waals surface area contributed by atoms with E-state index >= 15 is 0 Å². The van der Waals surface area contributed by atoms with E-state index in [0.29, 0.717) is 18.4 Å². The molecule has 0 radical (unpaired) electrons. The first-order valence-electron chi connectivity index (χ1n) is 12.1. The molecule has 1 aliphatic carbocycles. The van der Waals surface area contributed by atoms with Crippen LogP contribution in [0.1, 0.15) is 81.3 Å². The zero-order valence-electron chi connectivity index (χ0n) is 18.5. The number of hydrogen-bond donors (Lipinski definition) is 0. The molecule has 1 heterocycles. The highest BCUT2D eigenvalue weighted by atomic mass is 32.1. The average molecular weight is 434 g/mol. The third kappa shape index (κ3) is 5.83. The molecule has 164 valence electrons. The zero-order valence-corrected chi connectivity index (χ0v) is 19.4. The molecule has 1 amide bonds. The van der Waals surface area contributed by atoms with Crippen LogP contribution in [0.3, 0.4) is 0 Å². The summed E-state index contributed by atoms with van der Waals surface area (Å²) in [4.78, 5) is 16.3. The van der Waals surface area contributed by atoms with Crippen molar-refractivity contribution in [2.75, 3.05) is 6.54 Å². The Morgan fingerprint density at radius 3 is 2.16 bits per heavy atom. The van der Waals surface area contributed by atoms with Crippen molar-refractivity contribution >= 4 is 23.0 Å². The third-order valence-corrected chi connectivity index (χ3v) is 7.62. The Morgan fingerprint density at radius 2 is 1.48 bits per heavy atom. The van der Waals surface area contributed by atoms with Gasteiger partial charge in [-0.25, -0.2) is 0 Å². The van der Waals surface area contributed by atoms with Gasteiger partial charge in [-0.2, -0.15) is 0 Å². The molecule has 2 aromatic rings. The maximum atomic E-state index is 13.0. The first-order valence-corrected chi connectivity index (χ1v) is 12.5. The van der Waals surface area contributed by atoms with Crippen molar-refractivity contribution in [1.82, 2.24) is 4.90 Å². The second kappa shape index (κ2) is 11.0. The SMILES string of the molecule is O=C(CCCC(=S)CC(c1ccccc1)c1ccccc1)N1CCCC2CCCCC21. The predicted octanol–water partition coefficient (Wildman–Crippen LogP) is 6.93. The van der Waals surface area contributed by atoms with Crippen LogP contribution in [-0.4, -0.2) is 28.3 Å². The highest BCUT2D eigenvalue weighted by Gasteiger charge is 2.35. The van der Waals surface area contributed by atoms with Gasteiger partial charge in [-0.3, -0.25) is 4.79 Å². The quantitative estimate of drug-likeness (QED) is 0.421. The topological polar surface area (TPSA) is 20.3 Å². The fraction of sp³-hybridized carbons (Fsp3) is 0.500. The van der Waals surface area contributed by atoms with Crippen molar-refractivity contribution in [1.29, 1.82) is 0 Å². The molecular weight excluding hydrogens is 398 g/mol. The Morgan fingerprint density at radius 1 is 0.871 bits per heavy atom. The second-order valence-electron chi connectivity index (χ2n) is 9.31. The van der Waals surface area contributed by atoms with E-state index in [9.17, 15) is 4.79 Å². The summed E-state index contributed by atoms with van der Waals surface area (Å²) in [5, 5.41) is 0. The summed E-state index contributed by atoms with van der Waals surface area (Å²) >= 11 is 5.81. The van der Waals surface area contributed by atoms with Gasteiger partial charge in [0.15, 0.2) is 0 Å². The Hall–Kier alpha value is -2.00. The van der Waals surface area contributed by atoms with E-state index in [1.807, 2.05) is 0 Å². The molecule has 31 heavy (non-hydrogen) atoms. The number of amides is 1. The number of carbonyl (C=O) groups excluding carboxylic acids is 1. The van der Waals surface area contributed by atoms with Gasteiger partial charge in [-0.1, -0.05) is 85.7 Å². The van der Waals surface area contributed by atoms with Crippen LogP contribution in [-0.2, 0) is 4.79 Å². The van der Waals surface area contributed by atoms with E-state index in [0.717, 1.165) is 36.6 Å². The molecule has 3 heteroatoms. The summed E-state index contributed by atoms with van der Waals surface area (Å²) in [5.74, 6) is 1.41. The zero-order chi connectivity index (χ0) is 21.5. The van der Waals surface area contributed by atoms with Crippen molar-refractivity contribution in [3.63, 3.8) is 0 Å². The van der Waals surface area contributed by atoms with Crippen molar-refractivity contribution < 1.29 is 4.79 Å². The molecule has 0 N–H and O–H groups in total. The number of fused-ring (bicyclic) bond motifs is 1. The first-order chi connectivity index (χ1) is 15.2. The smallest absolute Gasteiger partial charge is 0.222 e. The molecule has 2 aliphatic rings. The normalized spacial score (nSPS) is 21.0. The number of thiocarbonyl (C=S) groups is 1. The number of rotatable bonds is 8. The minimum Gasteiger partial charge on any atom is -0.339 e. The standard InChI is InChI=1S/C28H35NOS/c30-28(29-20-10-16-24-15-7-8-18-27(24)29)19-9-17-25(31)21-26(22-11-3-1-4-12-22)23-13-5-2-6-14-23/h1-6,11-14,24,26-27H,7-10,15-21H2. The van der Waals surface area contributed by atoms with E-state index in [1.165, 1.54) is 49.7 Å². The van der Waals surface area contributed by atoms with E-state index in [4.69, 9.17) is 12.2 Å². The number of likely N-dealkylation sites (tertiary alicyclic amines) is 1. The Balaban J connectivity index is 1.31. The summed E-state index contributed by atoms with van der Waals surface area (Å²) < 4.78 is 0. The van der Waals surface area contributed by atoms with Crippen LogP contribution in [0, 0.1) is 5.92 Å². The largest absolute Gasteiger partial charge is 0.339 e. The van der Waals surface area contributed by atoms with Gasteiger partial charge in [-0.05, 0) is 66.9 Å². The molecule has 2 nitrogen and oxygen atoms in total. The maximum Gasteiger partial charge on any atom is 0.222 e. The lowest BCUT2D eigenvalue weighted by atomic mass is 9.78. The first kappa shape index (κ1) is 22.2. The Labute approximate surface area is 193 Å². The molecule has 2 aromatic carbocycles. The molecule has 1 aliphatic heterocycles. The van der Waals surface area contributed by atoms with E-state index in [-0.39, 0.29) is 5.92 Å². The van der Waals surface area contributed by atoms with Crippen LogP contribution in [0.5, 0.6) is 0 Å². The minimum atomic E-state index is 0.288. The summed E-state index contributed by atoms with van der Waals surface area (Å²) in [5.41, 5.74) is 2.62. The number of piperidine rings is 1. The number of benzene rings is 2.